The van der Waals surface area contributed by atoms with Gasteiger partial charge in [-0.1, -0.05) is 20.8 Å². The van der Waals surface area contributed by atoms with E-state index in [0.29, 0.717) is 18.5 Å². The molecule has 82 valence electrons. The van der Waals surface area contributed by atoms with Crippen molar-refractivity contribution in [3.8, 4) is 0 Å². The van der Waals surface area contributed by atoms with Gasteiger partial charge >= 0.3 is 0 Å². The number of nitrogens with two attached hydrogens (primary N) is 1. The average Bonchev–Trinajstić information content (AvgIpc) is 2.48. The number of rotatable bonds is 3. The summed E-state index contributed by atoms with van der Waals surface area (Å²) in [4.78, 5) is 11.6. The molecular formula is C11H22N2O. The van der Waals surface area contributed by atoms with E-state index in [-0.39, 0.29) is 11.8 Å². The van der Waals surface area contributed by atoms with Crippen molar-refractivity contribution in [1.29, 1.82) is 0 Å². The Kier molecular flexibility index (Phi) is 3.93. The van der Waals surface area contributed by atoms with E-state index < -0.39 is 0 Å². The highest BCUT2D eigenvalue weighted by Crippen LogP contribution is 2.31. The third kappa shape index (κ3) is 2.47. The van der Waals surface area contributed by atoms with Crippen molar-refractivity contribution in [3.05, 3.63) is 0 Å². The lowest BCUT2D eigenvalue weighted by Crippen LogP contribution is -2.41. The summed E-state index contributed by atoms with van der Waals surface area (Å²) in [7, 11) is 0. The third-order valence-electron chi connectivity index (χ3n) is 3.59. The molecule has 0 aliphatic heterocycles. The van der Waals surface area contributed by atoms with Gasteiger partial charge in [-0.05, 0) is 24.7 Å². The van der Waals surface area contributed by atoms with E-state index in [4.69, 9.17) is 5.73 Å². The fraction of sp³-hybridized carbons (Fsp3) is 0.909. The van der Waals surface area contributed by atoms with Gasteiger partial charge in [-0.25, -0.2) is 0 Å². The topological polar surface area (TPSA) is 55.1 Å². The molecule has 14 heavy (non-hydrogen) atoms. The molecule has 0 bridgehead atoms. The summed E-state index contributed by atoms with van der Waals surface area (Å²) in [5.74, 6) is 1.38. The Morgan fingerprint density at radius 1 is 1.50 bits per heavy atom. The zero-order chi connectivity index (χ0) is 10.7. The normalized spacial score (nSPS) is 34.1. The van der Waals surface area contributed by atoms with E-state index in [0.717, 1.165) is 12.3 Å². The predicted molar refractivity (Wildman–Crippen MR) is 57.7 cm³/mol. The quantitative estimate of drug-likeness (QED) is 0.714. The van der Waals surface area contributed by atoms with E-state index in [9.17, 15) is 4.79 Å². The average molecular weight is 198 g/mol. The summed E-state index contributed by atoms with van der Waals surface area (Å²) in [6.07, 6.45) is 2.34. The Bertz CT molecular complexity index is 205. The maximum atomic E-state index is 11.6. The van der Waals surface area contributed by atoms with Gasteiger partial charge in [-0.15, -0.1) is 0 Å². The number of carbonyl (C=O) groups is 1. The lowest BCUT2D eigenvalue weighted by atomic mass is 9.97. The number of hydrogen-bond donors (Lipinski definition) is 2. The van der Waals surface area contributed by atoms with Crippen molar-refractivity contribution in [2.75, 3.05) is 6.54 Å². The minimum atomic E-state index is -0.0573. The molecule has 1 rings (SSSR count). The fourth-order valence-corrected chi connectivity index (χ4v) is 2.00. The second kappa shape index (κ2) is 4.78. The van der Waals surface area contributed by atoms with E-state index in [1.165, 1.54) is 6.42 Å². The van der Waals surface area contributed by atoms with E-state index in [2.05, 4.69) is 19.2 Å². The zero-order valence-corrected chi connectivity index (χ0v) is 9.42. The van der Waals surface area contributed by atoms with Gasteiger partial charge in [-0.3, -0.25) is 4.79 Å². The van der Waals surface area contributed by atoms with Crippen LogP contribution < -0.4 is 11.1 Å². The monoisotopic (exact) mass is 198 g/mol. The maximum Gasteiger partial charge on any atom is 0.224 e. The second-order valence-corrected chi connectivity index (χ2v) is 4.67. The molecule has 0 aromatic carbocycles. The van der Waals surface area contributed by atoms with Gasteiger partial charge in [0.1, 0.15) is 0 Å². The van der Waals surface area contributed by atoms with Crippen LogP contribution in [0.1, 0.15) is 33.6 Å². The smallest absolute Gasteiger partial charge is 0.224 e. The van der Waals surface area contributed by atoms with E-state index in [1.54, 1.807) is 0 Å². The highest BCUT2D eigenvalue weighted by molar-refractivity contribution is 5.78. The number of hydrogen-bond acceptors (Lipinski definition) is 2. The molecule has 0 aromatic heterocycles. The first kappa shape index (κ1) is 11.5. The van der Waals surface area contributed by atoms with Crippen LogP contribution in [0.5, 0.6) is 0 Å². The Labute approximate surface area is 86.4 Å². The van der Waals surface area contributed by atoms with Gasteiger partial charge in [0.15, 0.2) is 0 Å². The summed E-state index contributed by atoms with van der Waals surface area (Å²) in [5.41, 5.74) is 5.45. The molecular weight excluding hydrogens is 176 g/mol. The molecule has 0 spiro atoms. The second-order valence-electron chi connectivity index (χ2n) is 4.67. The first-order valence-corrected chi connectivity index (χ1v) is 5.56. The largest absolute Gasteiger partial charge is 0.353 e. The summed E-state index contributed by atoms with van der Waals surface area (Å²) in [5, 5.41) is 3.09. The Morgan fingerprint density at radius 2 is 2.14 bits per heavy atom. The standard InChI is InChI=1S/C11H22N2O/c1-7-4-5-10(9(7)3)13-11(14)8(2)6-12/h7-10H,4-6,12H2,1-3H3,(H,13,14). The van der Waals surface area contributed by atoms with Crippen LogP contribution in [-0.2, 0) is 4.79 Å². The number of carbonyl (C=O) groups excluding carboxylic acids is 1. The van der Waals surface area contributed by atoms with Crippen molar-refractivity contribution in [3.63, 3.8) is 0 Å². The Hall–Kier alpha value is -0.570. The van der Waals surface area contributed by atoms with Gasteiger partial charge in [-0.2, -0.15) is 0 Å². The van der Waals surface area contributed by atoms with E-state index in [1.807, 2.05) is 6.92 Å². The van der Waals surface area contributed by atoms with Crippen molar-refractivity contribution in [1.82, 2.24) is 5.32 Å². The van der Waals surface area contributed by atoms with Gasteiger partial charge in [0.25, 0.3) is 0 Å². The highest BCUT2D eigenvalue weighted by Gasteiger charge is 2.31. The van der Waals surface area contributed by atoms with Crippen molar-refractivity contribution in [2.24, 2.45) is 23.5 Å². The minimum Gasteiger partial charge on any atom is -0.353 e. The zero-order valence-electron chi connectivity index (χ0n) is 9.42. The summed E-state index contributed by atoms with van der Waals surface area (Å²) < 4.78 is 0. The lowest BCUT2D eigenvalue weighted by Gasteiger charge is -2.21. The molecule has 1 aliphatic carbocycles. The van der Waals surface area contributed by atoms with Crippen LogP contribution in [-0.4, -0.2) is 18.5 Å². The first-order chi connectivity index (χ1) is 6.56. The molecule has 4 unspecified atom stereocenters. The molecule has 1 aliphatic rings. The first-order valence-electron chi connectivity index (χ1n) is 5.56. The maximum absolute atomic E-state index is 11.6. The van der Waals surface area contributed by atoms with Crippen LogP contribution in [0, 0.1) is 17.8 Å². The molecule has 0 saturated heterocycles. The van der Waals surface area contributed by atoms with Crippen LogP contribution in [0.3, 0.4) is 0 Å². The van der Waals surface area contributed by atoms with Gasteiger partial charge < -0.3 is 11.1 Å². The molecule has 3 heteroatoms. The molecule has 1 amide bonds. The molecule has 0 radical (unpaired) electrons. The minimum absolute atomic E-state index is 0.0573. The predicted octanol–water partition coefficient (Wildman–Crippen LogP) is 1.13. The van der Waals surface area contributed by atoms with Crippen LogP contribution in [0.15, 0.2) is 0 Å². The lowest BCUT2D eigenvalue weighted by molar-refractivity contribution is -0.125. The molecule has 3 nitrogen and oxygen atoms in total. The van der Waals surface area contributed by atoms with Crippen molar-refractivity contribution >= 4 is 5.91 Å². The van der Waals surface area contributed by atoms with E-state index >= 15 is 0 Å². The van der Waals surface area contributed by atoms with Gasteiger partial charge in [0.2, 0.25) is 5.91 Å². The Balaban J connectivity index is 2.41. The highest BCUT2D eigenvalue weighted by atomic mass is 16.1. The van der Waals surface area contributed by atoms with Crippen LogP contribution in [0.2, 0.25) is 0 Å². The van der Waals surface area contributed by atoms with Crippen LogP contribution >= 0.6 is 0 Å². The molecule has 1 fully saturated rings. The van der Waals surface area contributed by atoms with Crippen molar-refractivity contribution < 1.29 is 4.79 Å². The molecule has 3 N–H and O–H groups in total. The van der Waals surface area contributed by atoms with Gasteiger partial charge in [0.05, 0.1) is 0 Å². The summed E-state index contributed by atoms with van der Waals surface area (Å²) >= 11 is 0. The number of amides is 1. The Morgan fingerprint density at radius 3 is 2.57 bits per heavy atom. The van der Waals surface area contributed by atoms with Crippen LogP contribution in [0.25, 0.3) is 0 Å². The fourth-order valence-electron chi connectivity index (χ4n) is 2.00. The summed E-state index contributed by atoms with van der Waals surface area (Å²) in [6.45, 7) is 6.78. The third-order valence-corrected chi connectivity index (χ3v) is 3.59. The van der Waals surface area contributed by atoms with Gasteiger partial charge in [0, 0.05) is 18.5 Å². The molecule has 0 aromatic rings. The molecule has 1 saturated carbocycles. The summed E-state index contributed by atoms with van der Waals surface area (Å²) in [6, 6.07) is 0.367. The SMILES string of the molecule is CC(CN)C(=O)NC1CCC(C)C1C. The van der Waals surface area contributed by atoms with Crippen LogP contribution in [0.4, 0.5) is 0 Å². The molecule has 0 heterocycles. The molecule has 4 atom stereocenters. The van der Waals surface area contributed by atoms with Crippen molar-refractivity contribution in [2.45, 2.75) is 39.7 Å². The number of nitrogens with one attached hydrogen (secondary N) is 1.